The minimum Gasteiger partial charge on any atom is -0.325 e. The van der Waals surface area contributed by atoms with Crippen molar-refractivity contribution in [2.45, 2.75) is 38.4 Å². The van der Waals surface area contributed by atoms with Crippen LogP contribution >= 0.6 is 0 Å². The van der Waals surface area contributed by atoms with E-state index in [1.807, 2.05) is 0 Å². The monoisotopic (exact) mass is 275 g/mol. The normalized spacial score (nSPS) is 20.7. The Bertz CT molecular complexity index is 481. The molecule has 0 aromatic carbocycles. The zero-order chi connectivity index (χ0) is 14.2. The molecule has 1 aliphatic rings. The molecule has 0 N–H and O–H groups in total. The molecule has 1 fully saturated rings. The maximum absolute atomic E-state index is 13.0. The Hall–Kier alpha value is -1.53. The number of halogens is 3. The van der Waals surface area contributed by atoms with Crippen molar-refractivity contribution in [3.63, 3.8) is 0 Å². The zero-order valence-electron chi connectivity index (χ0n) is 10.9. The van der Waals surface area contributed by atoms with E-state index in [1.165, 1.54) is 10.7 Å². The summed E-state index contributed by atoms with van der Waals surface area (Å²) in [5.41, 5.74) is 0.820. The molecular weight excluding hydrogens is 259 g/mol. The second-order valence-electron chi connectivity index (χ2n) is 4.85. The van der Waals surface area contributed by atoms with Gasteiger partial charge in [0.1, 0.15) is 11.7 Å². The molecule has 1 atom stereocenters. The molecule has 0 bridgehead atoms. The third kappa shape index (κ3) is 2.74. The number of alkyl halides is 3. The highest BCUT2D eigenvalue weighted by atomic mass is 19.4. The molecule has 0 saturated carbocycles. The van der Waals surface area contributed by atoms with Gasteiger partial charge in [-0.15, -0.1) is 0 Å². The van der Waals surface area contributed by atoms with Crippen LogP contribution in [0.2, 0.25) is 0 Å². The lowest BCUT2D eigenvalue weighted by atomic mass is 10.0. The summed E-state index contributed by atoms with van der Waals surface area (Å²) in [5.74, 6) is -0.592. The van der Waals surface area contributed by atoms with Gasteiger partial charge in [-0.05, 0) is 32.3 Å². The van der Waals surface area contributed by atoms with Crippen LogP contribution in [-0.2, 0) is 7.05 Å². The number of amides is 1. The van der Waals surface area contributed by atoms with E-state index in [4.69, 9.17) is 0 Å². The van der Waals surface area contributed by atoms with Gasteiger partial charge in [0.25, 0.3) is 5.91 Å². The molecule has 0 spiro atoms. The Morgan fingerprint density at radius 1 is 1.42 bits per heavy atom. The lowest BCUT2D eigenvalue weighted by molar-refractivity contribution is -0.183. The molecule has 1 aromatic heterocycles. The number of hydrogen-bond donors (Lipinski definition) is 0. The van der Waals surface area contributed by atoms with Crippen LogP contribution in [0.15, 0.2) is 6.07 Å². The average Bonchev–Trinajstić information content (AvgIpc) is 2.66. The van der Waals surface area contributed by atoms with Gasteiger partial charge < -0.3 is 4.90 Å². The molecule has 2 rings (SSSR count). The summed E-state index contributed by atoms with van der Waals surface area (Å²) in [5, 5.41) is 4.00. The van der Waals surface area contributed by atoms with Gasteiger partial charge in [0.2, 0.25) is 0 Å². The van der Waals surface area contributed by atoms with Gasteiger partial charge in [0.05, 0.1) is 5.69 Å². The second-order valence-corrected chi connectivity index (χ2v) is 4.85. The first-order chi connectivity index (χ1) is 8.80. The highest BCUT2D eigenvalue weighted by Gasteiger charge is 2.46. The SMILES string of the molecule is Cc1cc(C(=O)N2CCCCC2C(F)(F)F)n(C)n1. The highest BCUT2D eigenvalue weighted by molar-refractivity contribution is 5.93. The minimum atomic E-state index is -4.37. The Morgan fingerprint density at radius 2 is 2.11 bits per heavy atom. The first kappa shape index (κ1) is 13.9. The van der Waals surface area contributed by atoms with Gasteiger partial charge in [-0.25, -0.2) is 0 Å². The van der Waals surface area contributed by atoms with E-state index in [9.17, 15) is 18.0 Å². The van der Waals surface area contributed by atoms with Gasteiger partial charge in [0, 0.05) is 13.6 Å². The smallest absolute Gasteiger partial charge is 0.325 e. The number of carbonyl (C=O) groups excluding carboxylic acids is 1. The molecular formula is C12H16F3N3O. The fourth-order valence-corrected chi connectivity index (χ4v) is 2.47. The lowest BCUT2D eigenvalue weighted by Crippen LogP contribution is -2.51. The highest BCUT2D eigenvalue weighted by Crippen LogP contribution is 2.32. The van der Waals surface area contributed by atoms with Crippen molar-refractivity contribution in [1.29, 1.82) is 0 Å². The molecule has 1 unspecified atom stereocenters. The standard InChI is InChI=1S/C12H16F3N3O/c1-8-7-9(17(2)16-8)11(19)18-6-4-3-5-10(18)12(13,14)15/h7,10H,3-6H2,1-2H3. The summed E-state index contributed by atoms with van der Waals surface area (Å²) in [7, 11) is 1.56. The van der Waals surface area contributed by atoms with Crippen molar-refractivity contribution in [2.75, 3.05) is 6.54 Å². The lowest BCUT2D eigenvalue weighted by Gasteiger charge is -2.36. The van der Waals surface area contributed by atoms with E-state index in [0.29, 0.717) is 18.5 Å². The largest absolute Gasteiger partial charge is 0.408 e. The van der Waals surface area contributed by atoms with Crippen molar-refractivity contribution < 1.29 is 18.0 Å². The van der Waals surface area contributed by atoms with Gasteiger partial charge >= 0.3 is 6.18 Å². The van der Waals surface area contributed by atoms with Crippen molar-refractivity contribution >= 4 is 5.91 Å². The Morgan fingerprint density at radius 3 is 2.63 bits per heavy atom. The number of hydrogen-bond acceptors (Lipinski definition) is 2. The summed E-state index contributed by atoms with van der Waals surface area (Å²) in [6.45, 7) is 1.85. The summed E-state index contributed by atoms with van der Waals surface area (Å²) in [6, 6.07) is -0.159. The number of rotatable bonds is 1. The zero-order valence-corrected chi connectivity index (χ0v) is 10.9. The van der Waals surface area contributed by atoms with Gasteiger partial charge in [-0.1, -0.05) is 0 Å². The number of piperidine rings is 1. The number of aryl methyl sites for hydroxylation is 2. The third-order valence-electron chi connectivity index (χ3n) is 3.36. The molecule has 0 aliphatic carbocycles. The molecule has 4 nitrogen and oxygen atoms in total. The summed E-state index contributed by atoms with van der Waals surface area (Å²) in [6.07, 6.45) is -3.29. The van der Waals surface area contributed by atoms with E-state index in [-0.39, 0.29) is 18.7 Å². The maximum Gasteiger partial charge on any atom is 0.408 e. The fourth-order valence-electron chi connectivity index (χ4n) is 2.47. The van der Waals surface area contributed by atoms with Crippen LogP contribution in [0.5, 0.6) is 0 Å². The Kier molecular flexibility index (Phi) is 3.56. The number of likely N-dealkylation sites (tertiary alicyclic amines) is 1. The van der Waals surface area contributed by atoms with Crippen LogP contribution in [0.25, 0.3) is 0 Å². The van der Waals surface area contributed by atoms with E-state index in [1.54, 1.807) is 14.0 Å². The predicted octanol–water partition coefficient (Wildman–Crippen LogP) is 2.29. The molecule has 1 aromatic rings. The van der Waals surface area contributed by atoms with Crippen molar-refractivity contribution in [3.8, 4) is 0 Å². The molecule has 19 heavy (non-hydrogen) atoms. The topological polar surface area (TPSA) is 38.1 Å². The molecule has 0 radical (unpaired) electrons. The van der Waals surface area contributed by atoms with Gasteiger partial charge in [-0.2, -0.15) is 18.3 Å². The van der Waals surface area contributed by atoms with Crippen LogP contribution in [0.1, 0.15) is 35.4 Å². The predicted molar refractivity (Wildman–Crippen MR) is 62.7 cm³/mol. The Labute approximate surface area is 109 Å². The van der Waals surface area contributed by atoms with Crippen LogP contribution < -0.4 is 0 Å². The molecule has 7 heteroatoms. The summed E-state index contributed by atoms with van der Waals surface area (Å²) in [4.78, 5) is 13.2. The molecule has 106 valence electrons. The molecule has 2 heterocycles. The number of aromatic nitrogens is 2. The third-order valence-corrected chi connectivity index (χ3v) is 3.36. The summed E-state index contributed by atoms with van der Waals surface area (Å²) >= 11 is 0. The fraction of sp³-hybridized carbons (Fsp3) is 0.667. The molecule has 1 aliphatic heterocycles. The van der Waals surface area contributed by atoms with Gasteiger partial charge in [0.15, 0.2) is 0 Å². The minimum absolute atomic E-state index is 0.0218. The molecule has 1 amide bonds. The first-order valence-electron chi connectivity index (χ1n) is 6.19. The first-order valence-corrected chi connectivity index (χ1v) is 6.19. The van der Waals surface area contributed by atoms with Crippen LogP contribution in [0.3, 0.4) is 0 Å². The van der Waals surface area contributed by atoms with Crippen LogP contribution in [0, 0.1) is 6.92 Å². The number of carbonyl (C=O) groups is 1. The van der Waals surface area contributed by atoms with Gasteiger partial charge in [-0.3, -0.25) is 9.48 Å². The number of nitrogens with zero attached hydrogens (tertiary/aromatic N) is 3. The van der Waals surface area contributed by atoms with Crippen LogP contribution in [0.4, 0.5) is 13.2 Å². The second kappa shape index (κ2) is 4.86. The molecule has 1 saturated heterocycles. The van der Waals surface area contributed by atoms with Crippen molar-refractivity contribution in [2.24, 2.45) is 7.05 Å². The average molecular weight is 275 g/mol. The quantitative estimate of drug-likeness (QED) is 0.788. The van der Waals surface area contributed by atoms with Crippen LogP contribution in [-0.4, -0.2) is 39.4 Å². The Balaban J connectivity index is 2.28. The van der Waals surface area contributed by atoms with E-state index in [2.05, 4.69) is 5.10 Å². The van der Waals surface area contributed by atoms with E-state index >= 15 is 0 Å². The van der Waals surface area contributed by atoms with E-state index < -0.39 is 18.1 Å². The maximum atomic E-state index is 13.0. The summed E-state index contributed by atoms with van der Waals surface area (Å²) < 4.78 is 40.2. The van der Waals surface area contributed by atoms with E-state index in [0.717, 1.165) is 4.90 Å². The van der Waals surface area contributed by atoms with Crippen molar-refractivity contribution in [3.05, 3.63) is 17.5 Å². The van der Waals surface area contributed by atoms with Crippen molar-refractivity contribution in [1.82, 2.24) is 14.7 Å².